The normalized spacial score (nSPS) is 11.3. The first-order valence-corrected chi connectivity index (χ1v) is 7.82. The van der Waals surface area contributed by atoms with E-state index in [2.05, 4.69) is 15.5 Å². The molecule has 0 unspecified atom stereocenters. The highest BCUT2D eigenvalue weighted by atomic mass is 35.5. The Kier molecular flexibility index (Phi) is 4.77. The summed E-state index contributed by atoms with van der Waals surface area (Å²) >= 11 is 6.43. The molecule has 24 heavy (non-hydrogen) atoms. The Labute approximate surface area is 145 Å². The van der Waals surface area contributed by atoms with Gasteiger partial charge >= 0.3 is 0 Å². The SMILES string of the molecule is Cc1ccccc1/C(=N/O)c1ccc(Nc2ccncc2)cc1Cl. The highest BCUT2D eigenvalue weighted by Gasteiger charge is 2.14. The topological polar surface area (TPSA) is 57.5 Å². The van der Waals surface area contributed by atoms with Crippen LogP contribution in [0.1, 0.15) is 16.7 Å². The third kappa shape index (κ3) is 3.39. The van der Waals surface area contributed by atoms with E-state index < -0.39 is 0 Å². The second-order valence-corrected chi connectivity index (χ2v) is 5.73. The fourth-order valence-corrected chi connectivity index (χ4v) is 2.75. The van der Waals surface area contributed by atoms with E-state index in [9.17, 15) is 5.21 Å². The second-order valence-electron chi connectivity index (χ2n) is 5.32. The zero-order valence-electron chi connectivity index (χ0n) is 13.1. The monoisotopic (exact) mass is 337 g/mol. The third-order valence-electron chi connectivity index (χ3n) is 3.69. The lowest BCUT2D eigenvalue weighted by Gasteiger charge is -2.12. The molecule has 0 atom stereocenters. The number of benzene rings is 2. The van der Waals surface area contributed by atoms with Crippen molar-refractivity contribution in [2.75, 3.05) is 5.32 Å². The number of halogens is 1. The molecule has 2 aromatic carbocycles. The highest BCUT2D eigenvalue weighted by molar-refractivity contribution is 6.35. The molecule has 1 heterocycles. The summed E-state index contributed by atoms with van der Waals surface area (Å²) in [4.78, 5) is 3.99. The smallest absolute Gasteiger partial charge is 0.118 e. The summed E-state index contributed by atoms with van der Waals surface area (Å²) in [5.74, 6) is 0. The molecule has 120 valence electrons. The van der Waals surface area contributed by atoms with Crippen molar-refractivity contribution in [1.82, 2.24) is 4.98 Å². The van der Waals surface area contributed by atoms with Gasteiger partial charge in [0.05, 0.1) is 5.02 Å². The van der Waals surface area contributed by atoms with E-state index in [1.165, 1.54) is 0 Å². The summed E-state index contributed by atoms with van der Waals surface area (Å²) in [6.07, 6.45) is 3.43. The average molecular weight is 338 g/mol. The Morgan fingerprint density at radius 3 is 2.42 bits per heavy atom. The van der Waals surface area contributed by atoms with Gasteiger partial charge in [-0.05, 0) is 42.8 Å². The molecule has 0 fully saturated rings. The number of oxime groups is 1. The molecular weight excluding hydrogens is 322 g/mol. The van der Waals surface area contributed by atoms with Crippen LogP contribution in [0.15, 0.2) is 72.1 Å². The molecule has 5 heteroatoms. The number of anilines is 2. The van der Waals surface area contributed by atoms with Crippen molar-refractivity contribution in [3.8, 4) is 0 Å². The fraction of sp³-hybridized carbons (Fsp3) is 0.0526. The maximum atomic E-state index is 9.49. The molecule has 3 aromatic rings. The van der Waals surface area contributed by atoms with Crippen LogP contribution in [-0.2, 0) is 0 Å². The van der Waals surface area contributed by atoms with Gasteiger partial charge in [0.1, 0.15) is 5.71 Å². The summed E-state index contributed by atoms with van der Waals surface area (Å²) in [6, 6.07) is 17.0. The molecule has 0 aliphatic carbocycles. The fourth-order valence-electron chi connectivity index (χ4n) is 2.48. The van der Waals surface area contributed by atoms with Crippen molar-refractivity contribution in [2.24, 2.45) is 5.16 Å². The summed E-state index contributed by atoms with van der Waals surface area (Å²) < 4.78 is 0. The van der Waals surface area contributed by atoms with E-state index >= 15 is 0 Å². The first-order chi connectivity index (χ1) is 11.7. The van der Waals surface area contributed by atoms with Crippen LogP contribution in [0.25, 0.3) is 0 Å². The van der Waals surface area contributed by atoms with Gasteiger partial charge < -0.3 is 10.5 Å². The van der Waals surface area contributed by atoms with Gasteiger partial charge in [0.25, 0.3) is 0 Å². The van der Waals surface area contributed by atoms with Crippen LogP contribution < -0.4 is 5.32 Å². The molecule has 3 rings (SSSR count). The second kappa shape index (κ2) is 7.15. The molecular formula is C19H16ClN3O. The van der Waals surface area contributed by atoms with Gasteiger partial charge in [-0.1, -0.05) is 41.0 Å². The van der Waals surface area contributed by atoms with Crippen LogP contribution in [0, 0.1) is 6.92 Å². The van der Waals surface area contributed by atoms with Gasteiger partial charge in [-0.3, -0.25) is 4.98 Å². The van der Waals surface area contributed by atoms with Gasteiger partial charge in [-0.25, -0.2) is 0 Å². The van der Waals surface area contributed by atoms with Crippen molar-refractivity contribution >= 4 is 28.7 Å². The molecule has 2 N–H and O–H groups in total. The van der Waals surface area contributed by atoms with E-state index in [1.807, 2.05) is 55.5 Å². The summed E-state index contributed by atoms with van der Waals surface area (Å²) in [7, 11) is 0. The Morgan fingerprint density at radius 2 is 1.75 bits per heavy atom. The molecule has 0 saturated heterocycles. The van der Waals surface area contributed by atoms with Crippen molar-refractivity contribution < 1.29 is 5.21 Å². The van der Waals surface area contributed by atoms with Gasteiger partial charge in [0, 0.05) is 34.9 Å². The van der Waals surface area contributed by atoms with Gasteiger partial charge in [-0.2, -0.15) is 0 Å². The van der Waals surface area contributed by atoms with Crippen LogP contribution in [0.2, 0.25) is 5.02 Å². The average Bonchev–Trinajstić information content (AvgIpc) is 2.60. The lowest BCUT2D eigenvalue weighted by Crippen LogP contribution is -2.06. The molecule has 0 bridgehead atoms. The lowest BCUT2D eigenvalue weighted by molar-refractivity contribution is 0.319. The maximum absolute atomic E-state index is 9.49. The zero-order valence-corrected chi connectivity index (χ0v) is 13.8. The van der Waals surface area contributed by atoms with E-state index in [0.29, 0.717) is 16.3 Å². The standard InChI is InChI=1S/C19H16ClN3O/c1-13-4-2-3-5-16(13)19(23-24)17-7-6-15(12-18(17)20)22-14-8-10-21-11-9-14/h2-12,24H,1H3,(H,21,22)/b23-19-. The predicted octanol–water partition coefficient (Wildman–Crippen LogP) is 5.01. The lowest BCUT2D eigenvalue weighted by atomic mass is 9.98. The van der Waals surface area contributed by atoms with Crippen LogP contribution >= 0.6 is 11.6 Å². The molecule has 0 spiro atoms. The molecule has 0 radical (unpaired) electrons. The van der Waals surface area contributed by atoms with Gasteiger partial charge in [-0.15, -0.1) is 0 Å². The quantitative estimate of drug-likeness (QED) is 0.399. The van der Waals surface area contributed by atoms with E-state index in [0.717, 1.165) is 22.5 Å². The zero-order chi connectivity index (χ0) is 16.9. The number of nitrogens with one attached hydrogen (secondary N) is 1. The summed E-state index contributed by atoms with van der Waals surface area (Å²) in [5, 5.41) is 16.7. The maximum Gasteiger partial charge on any atom is 0.118 e. The number of hydrogen-bond acceptors (Lipinski definition) is 4. The van der Waals surface area contributed by atoms with Crippen molar-refractivity contribution in [1.29, 1.82) is 0 Å². The summed E-state index contributed by atoms with van der Waals surface area (Å²) in [5.41, 5.74) is 4.75. The molecule has 0 saturated carbocycles. The van der Waals surface area contributed by atoms with Crippen molar-refractivity contribution in [2.45, 2.75) is 6.92 Å². The Bertz CT molecular complexity index is 879. The molecule has 0 aliphatic heterocycles. The first kappa shape index (κ1) is 16.0. The first-order valence-electron chi connectivity index (χ1n) is 7.44. The van der Waals surface area contributed by atoms with Crippen LogP contribution in [0.5, 0.6) is 0 Å². The minimum Gasteiger partial charge on any atom is -0.410 e. The number of rotatable bonds is 4. The number of nitrogens with zero attached hydrogens (tertiary/aromatic N) is 2. The number of aryl methyl sites for hydroxylation is 1. The Morgan fingerprint density at radius 1 is 1.00 bits per heavy atom. The van der Waals surface area contributed by atoms with Crippen LogP contribution in [-0.4, -0.2) is 15.9 Å². The van der Waals surface area contributed by atoms with E-state index in [1.54, 1.807) is 18.5 Å². The minimum absolute atomic E-state index is 0.452. The van der Waals surface area contributed by atoms with Gasteiger partial charge in [0.15, 0.2) is 0 Å². The number of pyridine rings is 1. The predicted molar refractivity (Wildman–Crippen MR) is 97.6 cm³/mol. The highest BCUT2D eigenvalue weighted by Crippen LogP contribution is 2.26. The Hall–Kier alpha value is -2.85. The molecule has 0 amide bonds. The van der Waals surface area contributed by atoms with Crippen LogP contribution in [0.4, 0.5) is 11.4 Å². The van der Waals surface area contributed by atoms with Gasteiger partial charge in [0.2, 0.25) is 0 Å². The van der Waals surface area contributed by atoms with E-state index in [-0.39, 0.29) is 0 Å². The third-order valence-corrected chi connectivity index (χ3v) is 4.01. The molecule has 4 nitrogen and oxygen atoms in total. The van der Waals surface area contributed by atoms with Crippen LogP contribution in [0.3, 0.4) is 0 Å². The van der Waals surface area contributed by atoms with Crippen molar-refractivity contribution in [3.05, 3.63) is 88.7 Å². The van der Waals surface area contributed by atoms with Crippen molar-refractivity contribution in [3.63, 3.8) is 0 Å². The minimum atomic E-state index is 0.452. The molecule has 0 aliphatic rings. The largest absolute Gasteiger partial charge is 0.410 e. The summed E-state index contributed by atoms with van der Waals surface area (Å²) in [6.45, 7) is 1.97. The van der Waals surface area contributed by atoms with E-state index in [4.69, 9.17) is 11.6 Å². The number of aromatic nitrogens is 1. The number of hydrogen-bond donors (Lipinski definition) is 2. The molecule has 1 aromatic heterocycles. The Balaban J connectivity index is 1.93.